The molecule has 0 spiro atoms. The Labute approximate surface area is 115 Å². The molecule has 18 heavy (non-hydrogen) atoms. The number of rotatable bonds is 11. The van der Waals surface area contributed by atoms with Gasteiger partial charge in [0, 0.05) is 6.42 Å². The minimum absolute atomic E-state index is 0.681. The summed E-state index contributed by atoms with van der Waals surface area (Å²) in [5.74, 6) is 0.794. The van der Waals surface area contributed by atoms with Crippen molar-refractivity contribution in [3.8, 4) is 0 Å². The van der Waals surface area contributed by atoms with Gasteiger partial charge in [-0.1, -0.05) is 70.1 Å². The summed E-state index contributed by atoms with van der Waals surface area (Å²) in [6.45, 7) is 2.26. The van der Waals surface area contributed by atoms with Crippen molar-refractivity contribution < 1.29 is 4.42 Å². The SMILES string of the molecule is CCCCCCCCCCCc1nnc(SC)o1. The molecule has 1 heterocycles. The monoisotopic (exact) mass is 270 g/mol. The Morgan fingerprint density at radius 1 is 0.889 bits per heavy atom. The number of thioether (sulfide) groups is 1. The second kappa shape index (κ2) is 10.4. The van der Waals surface area contributed by atoms with Gasteiger partial charge in [0.1, 0.15) is 0 Å². The van der Waals surface area contributed by atoms with Crippen molar-refractivity contribution in [1.82, 2.24) is 10.2 Å². The van der Waals surface area contributed by atoms with Gasteiger partial charge in [-0.25, -0.2) is 0 Å². The van der Waals surface area contributed by atoms with Crippen LogP contribution in [0.3, 0.4) is 0 Å². The van der Waals surface area contributed by atoms with Crippen LogP contribution in [0.4, 0.5) is 0 Å². The molecular formula is C14H26N2OS. The van der Waals surface area contributed by atoms with Crippen LogP contribution in [0.2, 0.25) is 0 Å². The molecule has 0 aromatic carbocycles. The number of aromatic nitrogens is 2. The van der Waals surface area contributed by atoms with Gasteiger partial charge in [0.15, 0.2) is 0 Å². The molecule has 0 aliphatic carbocycles. The van der Waals surface area contributed by atoms with Crippen LogP contribution in [0.25, 0.3) is 0 Å². The maximum atomic E-state index is 5.45. The topological polar surface area (TPSA) is 38.9 Å². The first-order valence-electron chi connectivity index (χ1n) is 7.23. The van der Waals surface area contributed by atoms with Gasteiger partial charge < -0.3 is 4.42 Å². The van der Waals surface area contributed by atoms with E-state index in [0.717, 1.165) is 12.3 Å². The van der Waals surface area contributed by atoms with Gasteiger partial charge in [0.2, 0.25) is 5.89 Å². The normalized spacial score (nSPS) is 11.0. The predicted molar refractivity (Wildman–Crippen MR) is 77.0 cm³/mol. The molecule has 0 atom stereocenters. The molecular weight excluding hydrogens is 244 g/mol. The van der Waals surface area contributed by atoms with Crippen LogP contribution < -0.4 is 0 Å². The highest BCUT2D eigenvalue weighted by Crippen LogP contribution is 2.14. The Kier molecular flexibility index (Phi) is 9.00. The summed E-state index contributed by atoms with van der Waals surface area (Å²) < 4.78 is 5.45. The highest BCUT2D eigenvalue weighted by atomic mass is 32.2. The second-order valence-electron chi connectivity index (χ2n) is 4.74. The molecule has 0 N–H and O–H groups in total. The van der Waals surface area contributed by atoms with Crippen LogP contribution in [0.5, 0.6) is 0 Å². The number of aryl methyl sites for hydroxylation is 1. The van der Waals surface area contributed by atoms with E-state index in [1.807, 2.05) is 6.26 Å². The van der Waals surface area contributed by atoms with Crippen LogP contribution in [-0.4, -0.2) is 16.5 Å². The second-order valence-corrected chi connectivity index (χ2v) is 5.50. The number of hydrogen-bond donors (Lipinski definition) is 0. The van der Waals surface area contributed by atoms with Crippen molar-refractivity contribution in [2.45, 2.75) is 76.4 Å². The zero-order valence-corrected chi connectivity index (χ0v) is 12.6. The zero-order valence-electron chi connectivity index (χ0n) is 11.8. The maximum Gasteiger partial charge on any atom is 0.276 e. The molecule has 0 saturated heterocycles. The zero-order chi connectivity index (χ0) is 13.1. The Balaban J connectivity index is 1.89. The van der Waals surface area contributed by atoms with E-state index in [2.05, 4.69) is 17.1 Å². The van der Waals surface area contributed by atoms with Gasteiger partial charge in [-0.3, -0.25) is 0 Å². The molecule has 0 fully saturated rings. The van der Waals surface area contributed by atoms with Crippen molar-refractivity contribution in [1.29, 1.82) is 0 Å². The molecule has 0 radical (unpaired) electrons. The fourth-order valence-corrected chi connectivity index (χ4v) is 2.31. The van der Waals surface area contributed by atoms with E-state index in [0.29, 0.717) is 5.22 Å². The molecule has 0 aliphatic rings. The van der Waals surface area contributed by atoms with Gasteiger partial charge in [-0.15, -0.1) is 10.2 Å². The summed E-state index contributed by atoms with van der Waals surface area (Å²) in [5, 5.41) is 8.64. The molecule has 4 heteroatoms. The molecule has 0 aliphatic heterocycles. The first kappa shape index (κ1) is 15.5. The third kappa shape index (κ3) is 7.04. The minimum Gasteiger partial charge on any atom is -0.416 e. The predicted octanol–water partition coefficient (Wildman–Crippen LogP) is 4.86. The number of hydrogen-bond acceptors (Lipinski definition) is 4. The maximum absolute atomic E-state index is 5.45. The smallest absolute Gasteiger partial charge is 0.276 e. The summed E-state index contributed by atoms with van der Waals surface area (Å²) >= 11 is 1.51. The Hall–Kier alpha value is -0.510. The van der Waals surface area contributed by atoms with Crippen molar-refractivity contribution in [2.75, 3.05) is 6.26 Å². The fourth-order valence-electron chi connectivity index (χ4n) is 2.01. The van der Waals surface area contributed by atoms with Gasteiger partial charge in [-0.2, -0.15) is 0 Å². The average Bonchev–Trinajstić information content (AvgIpc) is 2.85. The van der Waals surface area contributed by atoms with Crippen LogP contribution in [-0.2, 0) is 6.42 Å². The first-order chi connectivity index (χ1) is 8.86. The van der Waals surface area contributed by atoms with Crippen LogP contribution in [0.15, 0.2) is 9.64 Å². The molecule has 0 saturated carbocycles. The van der Waals surface area contributed by atoms with E-state index >= 15 is 0 Å². The summed E-state index contributed by atoms with van der Waals surface area (Å²) in [6.07, 6.45) is 15.0. The van der Waals surface area contributed by atoms with Crippen molar-refractivity contribution in [3.63, 3.8) is 0 Å². The minimum atomic E-state index is 0.681. The van der Waals surface area contributed by atoms with Gasteiger partial charge in [0.25, 0.3) is 5.22 Å². The molecule has 104 valence electrons. The summed E-state index contributed by atoms with van der Waals surface area (Å²) in [6, 6.07) is 0. The quantitative estimate of drug-likeness (QED) is 0.425. The molecule has 0 amide bonds. The number of nitrogens with zero attached hydrogens (tertiary/aromatic N) is 2. The van der Waals surface area contributed by atoms with E-state index in [1.165, 1.54) is 69.5 Å². The van der Waals surface area contributed by atoms with Gasteiger partial charge in [-0.05, 0) is 12.7 Å². The third-order valence-electron chi connectivity index (χ3n) is 3.12. The first-order valence-corrected chi connectivity index (χ1v) is 8.45. The lowest BCUT2D eigenvalue weighted by atomic mass is 10.1. The molecule has 3 nitrogen and oxygen atoms in total. The summed E-state index contributed by atoms with van der Waals surface area (Å²) in [4.78, 5) is 0. The molecule has 1 rings (SSSR count). The highest BCUT2D eigenvalue weighted by Gasteiger charge is 2.03. The molecule has 1 aromatic rings. The lowest BCUT2D eigenvalue weighted by molar-refractivity contribution is 0.406. The van der Waals surface area contributed by atoms with Gasteiger partial charge in [0.05, 0.1) is 0 Å². The summed E-state index contributed by atoms with van der Waals surface area (Å²) in [7, 11) is 0. The van der Waals surface area contributed by atoms with Gasteiger partial charge >= 0.3 is 0 Å². The average molecular weight is 270 g/mol. The fraction of sp³-hybridized carbons (Fsp3) is 0.857. The standard InChI is InChI=1S/C14H26N2OS/c1-3-4-5-6-7-8-9-10-11-12-13-15-16-14(17-13)18-2/h3-12H2,1-2H3. The van der Waals surface area contributed by atoms with E-state index in [4.69, 9.17) is 4.42 Å². The van der Waals surface area contributed by atoms with E-state index in [1.54, 1.807) is 0 Å². The van der Waals surface area contributed by atoms with Crippen molar-refractivity contribution in [3.05, 3.63) is 5.89 Å². The molecule has 0 unspecified atom stereocenters. The number of unbranched alkanes of at least 4 members (excludes halogenated alkanes) is 8. The van der Waals surface area contributed by atoms with E-state index in [9.17, 15) is 0 Å². The molecule has 1 aromatic heterocycles. The van der Waals surface area contributed by atoms with E-state index < -0.39 is 0 Å². The van der Waals surface area contributed by atoms with Crippen molar-refractivity contribution >= 4 is 11.8 Å². The lowest BCUT2D eigenvalue weighted by Crippen LogP contribution is -1.86. The largest absolute Gasteiger partial charge is 0.416 e. The highest BCUT2D eigenvalue weighted by molar-refractivity contribution is 7.98. The van der Waals surface area contributed by atoms with Crippen LogP contribution in [0, 0.1) is 0 Å². The Morgan fingerprint density at radius 2 is 1.50 bits per heavy atom. The Morgan fingerprint density at radius 3 is 2.06 bits per heavy atom. The summed E-state index contributed by atoms with van der Waals surface area (Å²) in [5.41, 5.74) is 0. The van der Waals surface area contributed by atoms with Crippen molar-refractivity contribution in [2.24, 2.45) is 0 Å². The third-order valence-corrected chi connectivity index (χ3v) is 3.63. The van der Waals surface area contributed by atoms with E-state index in [-0.39, 0.29) is 0 Å². The Bertz CT molecular complexity index is 302. The van der Waals surface area contributed by atoms with Crippen LogP contribution in [0.1, 0.15) is 70.6 Å². The lowest BCUT2D eigenvalue weighted by Gasteiger charge is -2.00. The molecule has 0 bridgehead atoms. The van der Waals surface area contributed by atoms with Crippen LogP contribution >= 0.6 is 11.8 Å².